The molecular weight excluding hydrogens is 352 g/mol. The van der Waals surface area contributed by atoms with Crippen LogP contribution in [0.1, 0.15) is 54.6 Å². The topological polar surface area (TPSA) is 58.4 Å². The van der Waals surface area contributed by atoms with E-state index in [1.165, 1.54) is 5.56 Å². The van der Waals surface area contributed by atoms with Gasteiger partial charge in [0.1, 0.15) is 5.69 Å². The van der Waals surface area contributed by atoms with E-state index in [9.17, 15) is 9.59 Å². The third-order valence-electron chi connectivity index (χ3n) is 6.18. The first-order valence-electron chi connectivity index (χ1n) is 10.2. The Bertz CT molecular complexity index is 847. The van der Waals surface area contributed by atoms with Crippen LogP contribution in [0.3, 0.4) is 0 Å². The molecule has 0 unspecified atom stereocenters. The Morgan fingerprint density at radius 3 is 2.50 bits per heavy atom. The molecule has 0 radical (unpaired) electrons. The third kappa shape index (κ3) is 3.43. The molecule has 0 bridgehead atoms. The molecule has 0 saturated carbocycles. The van der Waals surface area contributed by atoms with Crippen LogP contribution in [-0.2, 0) is 11.8 Å². The fourth-order valence-corrected chi connectivity index (χ4v) is 4.90. The van der Waals surface area contributed by atoms with Crippen molar-refractivity contribution >= 4 is 11.8 Å². The number of likely N-dealkylation sites (tertiary alicyclic amines) is 2. The molecule has 4 rings (SSSR count). The standard InChI is InChI=1S/C22H28N4O2/c1-16(27)25-13-8-4-7-11-20-21(25)18(17-9-5-3-6-10-17)15-26(20)22(28)19-12-14-24(2)23-19/h3,5-6,9-10,12,14,18,20-21H,4,7-8,11,13,15H2,1-2H3/t18-,20+,21-/m0/s1. The van der Waals surface area contributed by atoms with Gasteiger partial charge < -0.3 is 9.80 Å². The normalized spacial score (nSPS) is 25.1. The van der Waals surface area contributed by atoms with Crippen molar-refractivity contribution in [3.8, 4) is 0 Å². The predicted octanol–water partition coefficient (Wildman–Crippen LogP) is 2.82. The van der Waals surface area contributed by atoms with Crippen molar-refractivity contribution in [1.82, 2.24) is 19.6 Å². The van der Waals surface area contributed by atoms with Crippen LogP contribution >= 0.6 is 0 Å². The number of benzene rings is 1. The monoisotopic (exact) mass is 380 g/mol. The van der Waals surface area contributed by atoms with Crippen LogP contribution in [0.5, 0.6) is 0 Å². The van der Waals surface area contributed by atoms with Crippen LogP contribution in [0.15, 0.2) is 42.6 Å². The first-order valence-corrected chi connectivity index (χ1v) is 10.2. The third-order valence-corrected chi connectivity index (χ3v) is 6.18. The van der Waals surface area contributed by atoms with Crippen molar-refractivity contribution in [1.29, 1.82) is 0 Å². The highest BCUT2D eigenvalue weighted by Gasteiger charge is 2.48. The fraction of sp³-hybridized carbons (Fsp3) is 0.500. The van der Waals surface area contributed by atoms with E-state index in [2.05, 4.69) is 17.2 Å². The van der Waals surface area contributed by atoms with E-state index in [1.807, 2.05) is 35.0 Å². The molecule has 28 heavy (non-hydrogen) atoms. The maximum absolute atomic E-state index is 13.3. The van der Waals surface area contributed by atoms with Gasteiger partial charge in [0, 0.05) is 39.2 Å². The number of nitrogens with zero attached hydrogens (tertiary/aromatic N) is 4. The summed E-state index contributed by atoms with van der Waals surface area (Å²) in [7, 11) is 1.82. The van der Waals surface area contributed by atoms with E-state index < -0.39 is 0 Å². The molecule has 0 N–H and O–H groups in total. The molecule has 2 fully saturated rings. The second kappa shape index (κ2) is 7.78. The van der Waals surface area contributed by atoms with Gasteiger partial charge in [0.15, 0.2) is 0 Å². The van der Waals surface area contributed by atoms with Crippen molar-refractivity contribution in [2.45, 2.75) is 50.6 Å². The molecule has 2 amide bonds. The zero-order chi connectivity index (χ0) is 19.7. The Hall–Kier alpha value is -2.63. The van der Waals surface area contributed by atoms with Crippen LogP contribution < -0.4 is 0 Å². The fourth-order valence-electron chi connectivity index (χ4n) is 4.90. The van der Waals surface area contributed by atoms with Gasteiger partial charge in [0.2, 0.25) is 5.91 Å². The first kappa shape index (κ1) is 18.7. The smallest absolute Gasteiger partial charge is 0.274 e. The summed E-state index contributed by atoms with van der Waals surface area (Å²) in [6, 6.07) is 12.1. The summed E-state index contributed by atoms with van der Waals surface area (Å²) in [4.78, 5) is 29.9. The van der Waals surface area contributed by atoms with Gasteiger partial charge in [-0.2, -0.15) is 5.10 Å². The number of hydrogen-bond acceptors (Lipinski definition) is 3. The molecule has 1 aromatic heterocycles. The molecule has 2 aliphatic heterocycles. The molecule has 3 atom stereocenters. The zero-order valence-electron chi connectivity index (χ0n) is 16.6. The molecule has 3 heterocycles. The molecular formula is C22H28N4O2. The highest BCUT2D eigenvalue weighted by Crippen LogP contribution is 2.39. The van der Waals surface area contributed by atoms with Gasteiger partial charge in [-0.15, -0.1) is 0 Å². The summed E-state index contributed by atoms with van der Waals surface area (Å²) in [5.74, 6) is 0.198. The van der Waals surface area contributed by atoms with Gasteiger partial charge in [0.05, 0.1) is 12.1 Å². The van der Waals surface area contributed by atoms with E-state index >= 15 is 0 Å². The Labute approximate surface area is 166 Å². The summed E-state index contributed by atoms with van der Waals surface area (Å²) in [5, 5.41) is 4.33. The van der Waals surface area contributed by atoms with Crippen molar-refractivity contribution in [3.63, 3.8) is 0 Å². The molecule has 2 saturated heterocycles. The number of aromatic nitrogens is 2. The van der Waals surface area contributed by atoms with Crippen molar-refractivity contribution in [2.24, 2.45) is 7.05 Å². The minimum Gasteiger partial charge on any atom is -0.337 e. The summed E-state index contributed by atoms with van der Waals surface area (Å²) >= 11 is 0. The van der Waals surface area contributed by atoms with Crippen LogP contribution in [0.4, 0.5) is 0 Å². The van der Waals surface area contributed by atoms with E-state index in [0.717, 1.165) is 32.2 Å². The summed E-state index contributed by atoms with van der Waals surface area (Å²) in [5.41, 5.74) is 1.67. The molecule has 0 spiro atoms. The average molecular weight is 380 g/mol. The largest absolute Gasteiger partial charge is 0.337 e. The van der Waals surface area contributed by atoms with E-state index in [1.54, 1.807) is 23.9 Å². The number of carbonyl (C=O) groups is 2. The van der Waals surface area contributed by atoms with Crippen LogP contribution in [0.25, 0.3) is 0 Å². The molecule has 0 aliphatic carbocycles. The number of carbonyl (C=O) groups excluding carboxylic acids is 2. The van der Waals surface area contributed by atoms with E-state index in [4.69, 9.17) is 0 Å². The summed E-state index contributed by atoms with van der Waals surface area (Å²) in [6.45, 7) is 3.05. The second-order valence-corrected chi connectivity index (χ2v) is 7.97. The molecule has 2 aliphatic rings. The quantitative estimate of drug-likeness (QED) is 0.805. The predicted molar refractivity (Wildman–Crippen MR) is 107 cm³/mol. The number of fused-ring (bicyclic) bond motifs is 1. The van der Waals surface area contributed by atoms with Crippen molar-refractivity contribution in [3.05, 3.63) is 53.9 Å². The van der Waals surface area contributed by atoms with Gasteiger partial charge in [0.25, 0.3) is 5.91 Å². The van der Waals surface area contributed by atoms with Gasteiger partial charge in [-0.3, -0.25) is 14.3 Å². The zero-order valence-corrected chi connectivity index (χ0v) is 16.6. The highest BCUT2D eigenvalue weighted by atomic mass is 16.2. The van der Waals surface area contributed by atoms with Gasteiger partial charge in [-0.25, -0.2) is 0 Å². The maximum Gasteiger partial charge on any atom is 0.274 e. The molecule has 1 aromatic carbocycles. The minimum atomic E-state index is -0.0295. The molecule has 6 heteroatoms. The summed E-state index contributed by atoms with van der Waals surface area (Å²) in [6.07, 6.45) is 5.93. The number of aryl methyl sites for hydroxylation is 1. The lowest BCUT2D eigenvalue weighted by atomic mass is 9.87. The van der Waals surface area contributed by atoms with E-state index in [-0.39, 0.29) is 29.8 Å². The number of hydrogen-bond donors (Lipinski definition) is 0. The average Bonchev–Trinajstić information content (AvgIpc) is 3.25. The number of amides is 2. The van der Waals surface area contributed by atoms with Crippen molar-refractivity contribution in [2.75, 3.05) is 13.1 Å². The van der Waals surface area contributed by atoms with Gasteiger partial charge in [-0.05, 0) is 24.5 Å². The highest BCUT2D eigenvalue weighted by molar-refractivity contribution is 5.93. The minimum absolute atomic E-state index is 0.0212. The Morgan fingerprint density at radius 1 is 1.04 bits per heavy atom. The van der Waals surface area contributed by atoms with Crippen molar-refractivity contribution < 1.29 is 9.59 Å². The Balaban J connectivity index is 1.74. The Morgan fingerprint density at radius 2 is 1.82 bits per heavy atom. The maximum atomic E-state index is 13.3. The van der Waals surface area contributed by atoms with E-state index in [0.29, 0.717) is 12.2 Å². The van der Waals surface area contributed by atoms with Crippen LogP contribution in [0, 0.1) is 0 Å². The second-order valence-electron chi connectivity index (χ2n) is 7.97. The van der Waals surface area contributed by atoms with Crippen LogP contribution in [0.2, 0.25) is 0 Å². The number of rotatable bonds is 2. The molecule has 148 valence electrons. The SMILES string of the molecule is CC(=O)N1CCCCC[C@@H]2[C@@H]1[C@H](c1ccccc1)CN2C(=O)c1ccn(C)n1. The van der Waals surface area contributed by atoms with Gasteiger partial charge in [-0.1, -0.05) is 43.2 Å². The molecule has 2 aromatic rings. The van der Waals surface area contributed by atoms with Gasteiger partial charge >= 0.3 is 0 Å². The lowest BCUT2D eigenvalue weighted by Gasteiger charge is -2.38. The lowest BCUT2D eigenvalue weighted by Crippen LogP contribution is -2.51. The first-order chi connectivity index (χ1) is 13.6. The van der Waals surface area contributed by atoms with Crippen LogP contribution in [-0.4, -0.2) is 56.6 Å². The summed E-state index contributed by atoms with van der Waals surface area (Å²) < 4.78 is 1.66. The Kier molecular flexibility index (Phi) is 5.20. The molecule has 6 nitrogen and oxygen atoms in total. The lowest BCUT2D eigenvalue weighted by molar-refractivity contribution is -0.132.